The highest BCUT2D eigenvalue weighted by Gasteiger charge is 2.27. The van der Waals surface area contributed by atoms with Crippen LogP contribution in [0, 0.1) is 0 Å². The lowest BCUT2D eigenvalue weighted by Crippen LogP contribution is -2.47. The van der Waals surface area contributed by atoms with Crippen molar-refractivity contribution in [1.82, 2.24) is 19.2 Å². The van der Waals surface area contributed by atoms with E-state index in [0.717, 1.165) is 13.1 Å². The highest BCUT2D eigenvalue weighted by Crippen LogP contribution is 2.22. The SMILES string of the molecule is CN1CCN(C(=O)c2nc(C(=O)Nc3ccccc3Cl)c3ccccn23)CC1. The highest BCUT2D eigenvalue weighted by molar-refractivity contribution is 6.34. The average molecular weight is 398 g/mol. The number of rotatable bonds is 3. The number of aromatic nitrogens is 2. The summed E-state index contributed by atoms with van der Waals surface area (Å²) in [6.07, 6.45) is 1.75. The molecule has 1 N–H and O–H groups in total. The average Bonchev–Trinajstić information content (AvgIpc) is 3.10. The number of nitrogens with one attached hydrogen (secondary N) is 1. The highest BCUT2D eigenvalue weighted by atomic mass is 35.5. The van der Waals surface area contributed by atoms with Gasteiger partial charge in [-0.25, -0.2) is 4.98 Å². The van der Waals surface area contributed by atoms with Crippen molar-refractivity contribution in [3.05, 3.63) is 65.2 Å². The van der Waals surface area contributed by atoms with Gasteiger partial charge in [0.25, 0.3) is 11.8 Å². The largest absolute Gasteiger partial charge is 0.333 e. The van der Waals surface area contributed by atoms with Crippen molar-refractivity contribution in [2.24, 2.45) is 0 Å². The first-order chi connectivity index (χ1) is 13.5. The van der Waals surface area contributed by atoms with Crippen LogP contribution in [0.25, 0.3) is 5.52 Å². The van der Waals surface area contributed by atoms with Crippen molar-refractivity contribution in [1.29, 1.82) is 0 Å². The van der Waals surface area contributed by atoms with Gasteiger partial charge in [-0.05, 0) is 31.3 Å². The summed E-state index contributed by atoms with van der Waals surface area (Å²) in [4.78, 5) is 34.3. The summed E-state index contributed by atoms with van der Waals surface area (Å²) in [5.41, 5.74) is 1.26. The van der Waals surface area contributed by atoms with Gasteiger partial charge in [-0.15, -0.1) is 0 Å². The first-order valence-corrected chi connectivity index (χ1v) is 9.43. The minimum atomic E-state index is -0.408. The Morgan fingerprint density at radius 3 is 2.50 bits per heavy atom. The number of fused-ring (bicyclic) bond motifs is 1. The Morgan fingerprint density at radius 1 is 1.04 bits per heavy atom. The van der Waals surface area contributed by atoms with Crippen LogP contribution in [-0.4, -0.2) is 64.2 Å². The van der Waals surface area contributed by atoms with E-state index in [9.17, 15) is 9.59 Å². The van der Waals surface area contributed by atoms with Crippen LogP contribution in [0.5, 0.6) is 0 Å². The number of hydrogen-bond acceptors (Lipinski definition) is 4. The second-order valence-corrected chi connectivity index (χ2v) is 7.18. The second kappa shape index (κ2) is 7.61. The Labute approximate surface area is 167 Å². The predicted molar refractivity (Wildman–Crippen MR) is 108 cm³/mol. The molecule has 28 heavy (non-hydrogen) atoms. The van der Waals surface area contributed by atoms with E-state index >= 15 is 0 Å². The number of carbonyl (C=O) groups excluding carboxylic acids is 2. The van der Waals surface area contributed by atoms with Crippen molar-refractivity contribution in [3.8, 4) is 0 Å². The van der Waals surface area contributed by atoms with E-state index in [2.05, 4.69) is 15.2 Å². The van der Waals surface area contributed by atoms with E-state index in [0.29, 0.717) is 29.3 Å². The molecule has 7 nitrogen and oxygen atoms in total. The number of imidazole rings is 1. The fraction of sp³-hybridized carbons (Fsp3) is 0.250. The number of amides is 2. The summed E-state index contributed by atoms with van der Waals surface area (Å²) in [5, 5.41) is 3.22. The summed E-state index contributed by atoms with van der Waals surface area (Å²) in [6.45, 7) is 2.90. The maximum Gasteiger partial charge on any atom is 0.290 e. The molecule has 3 heterocycles. The third-order valence-corrected chi connectivity index (χ3v) is 5.20. The van der Waals surface area contributed by atoms with Gasteiger partial charge in [0.05, 0.1) is 16.2 Å². The molecule has 1 aliphatic heterocycles. The third-order valence-electron chi connectivity index (χ3n) is 4.87. The smallest absolute Gasteiger partial charge is 0.290 e. The van der Waals surface area contributed by atoms with E-state index in [1.165, 1.54) is 0 Å². The van der Waals surface area contributed by atoms with E-state index < -0.39 is 5.91 Å². The minimum absolute atomic E-state index is 0.175. The first-order valence-electron chi connectivity index (χ1n) is 9.05. The van der Waals surface area contributed by atoms with Crippen molar-refractivity contribution in [3.63, 3.8) is 0 Å². The molecule has 8 heteroatoms. The Bertz CT molecular complexity index is 1040. The molecule has 0 radical (unpaired) electrons. The van der Waals surface area contributed by atoms with Crippen LogP contribution in [0.4, 0.5) is 5.69 Å². The van der Waals surface area contributed by atoms with Crippen LogP contribution in [0.15, 0.2) is 48.7 Å². The van der Waals surface area contributed by atoms with E-state index in [4.69, 9.17) is 11.6 Å². The number of halogens is 1. The van der Waals surface area contributed by atoms with Gasteiger partial charge < -0.3 is 15.1 Å². The molecular formula is C20H20ClN5O2. The molecule has 2 aromatic heterocycles. The Balaban J connectivity index is 1.67. The second-order valence-electron chi connectivity index (χ2n) is 6.77. The van der Waals surface area contributed by atoms with Crippen LogP contribution in [-0.2, 0) is 0 Å². The molecule has 3 aromatic rings. The zero-order chi connectivity index (χ0) is 19.7. The van der Waals surface area contributed by atoms with Crippen molar-refractivity contribution in [2.45, 2.75) is 0 Å². The monoisotopic (exact) mass is 397 g/mol. The van der Waals surface area contributed by atoms with E-state index in [1.807, 2.05) is 19.2 Å². The molecular weight excluding hydrogens is 378 g/mol. The summed E-state index contributed by atoms with van der Waals surface area (Å²) >= 11 is 6.14. The number of carbonyl (C=O) groups is 2. The number of hydrogen-bond donors (Lipinski definition) is 1. The van der Waals surface area contributed by atoms with Gasteiger partial charge in [-0.2, -0.15) is 0 Å². The normalized spacial score (nSPS) is 15.0. The zero-order valence-electron chi connectivity index (χ0n) is 15.4. The molecule has 0 spiro atoms. The maximum atomic E-state index is 13.0. The van der Waals surface area contributed by atoms with Crippen molar-refractivity contribution < 1.29 is 9.59 Å². The quantitative estimate of drug-likeness (QED) is 0.737. The van der Waals surface area contributed by atoms with Crippen molar-refractivity contribution in [2.75, 3.05) is 38.5 Å². The van der Waals surface area contributed by atoms with Gasteiger partial charge in [0.2, 0.25) is 5.82 Å². The number of para-hydroxylation sites is 1. The molecule has 0 atom stereocenters. The molecule has 1 aromatic carbocycles. The van der Waals surface area contributed by atoms with Gasteiger partial charge >= 0.3 is 0 Å². The van der Waals surface area contributed by atoms with Crippen LogP contribution < -0.4 is 5.32 Å². The molecule has 1 fully saturated rings. The van der Waals surface area contributed by atoms with E-state index in [1.54, 1.807) is 45.8 Å². The number of anilines is 1. The molecule has 0 unspecified atom stereocenters. The number of likely N-dealkylation sites (N-methyl/N-ethyl adjacent to an activating group) is 1. The third kappa shape index (κ3) is 3.46. The lowest BCUT2D eigenvalue weighted by Gasteiger charge is -2.31. The van der Waals surface area contributed by atoms with Crippen LogP contribution in [0.2, 0.25) is 5.02 Å². The lowest BCUT2D eigenvalue weighted by molar-refractivity contribution is 0.0651. The molecule has 1 saturated heterocycles. The lowest BCUT2D eigenvalue weighted by atomic mass is 10.3. The Hall–Kier alpha value is -2.90. The van der Waals surface area contributed by atoms with Gasteiger partial charge in [-0.3, -0.25) is 14.0 Å². The number of nitrogens with zero attached hydrogens (tertiary/aromatic N) is 4. The number of pyridine rings is 1. The fourth-order valence-corrected chi connectivity index (χ4v) is 3.43. The van der Waals surface area contributed by atoms with Gasteiger partial charge in [0.15, 0.2) is 5.69 Å². The number of benzene rings is 1. The zero-order valence-corrected chi connectivity index (χ0v) is 16.2. The molecule has 4 rings (SSSR count). The standard InChI is InChI=1S/C20H20ClN5O2/c1-24-10-12-25(13-11-24)20(28)18-23-17(16-8-4-5-9-26(16)18)19(27)22-15-7-3-2-6-14(15)21/h2-9H,10-13H2,1H3,(H,22,27). The van der Waals surface area contributed by atoms with Crippen LogP contribution in [0.1, 0.15) is 21.1 Å². The summed E-state index contributed by atoms with van der Waals surface area (Å²) in [5.74, 6) is -0.343. The molecule has 144 valence electrons. The van der Waals surface area contributed by atoms with Gasteiger partial charge in [-0.1, -0.05) is 29.8 Å². The molecule has 1 aliphatic rings. The molecule has 2 amide bonds. The molecule has 0 saturated carbocycles. The summed E-state index contributed by atoms with van der Waals surface area (Å²) in [7, 11) is 2.03. The fourth-order valence-electron chi connectivity index (χ4n) is 3.25. The van der Waals surface area contributed by atoms with Crippen molar-refractivity contribution >= 4 is 34.6 Å². The van der Waals surface area contributed by atoms with E-state index in [-0.39, 0.29) is 17.4 Å². The number of piperazine rings is 1. The van der Waals surface area contributed by atoms with Crippen LogP contribution in [0.3, 0.4) is 0 Å². The maximum absolute atomic E-state index is 13.0. The predicted octanol–water partition coefficient (Wildman–Crippen LogP) is 2.63. The molecule has 0 bridgehead atoms. The topological polar surface area (TPSA) is 69.9 Å². The summed E-state index contributed by atoms with van der Waals surface area (Å²) in [6, 6.07) is 12.4. The summed E-state index contributed by atoms with van der Waals surface area (Å²) < 4.78 is 1.67. The van der Waals surface area contributed by atoms with Gasteiger partial charge in [0, 0.05) is 32.4 Å². The van der Waals surface area contributed by atoms with Crippen LogP contribution >= 0.6 is 11.6 Å². The molecule has 0 aliphatic carbocycles. The Kier molecular flexibility index (Phi) is 5.02. The minimum Gasteiger partial charge on any atom is -0.333 e. The Morgan fingerprint density at radius 2 is 1.75 bits per heavy atom. The first kappa shape index (κ1) is 18.5. The van der Waals surface area contributed by atoms with Gasteiger partial charge in [0.1, 0.15) is 0 Å².